The molecule has 0 bridgehead atoms. The van der Waals surface area contributed by atoms with Crippen LogP contribution in [-0.4, -0.2) is 24.3 Å². The van der Waals surface area contributed by atoms with Gasteiger partial charge in [0.15, 0.2) is 0 Å². The number of nitrogens with zero attached hydrogens (tertiary/aromatic N) is 1. The van der Waals surface area contributed by atoms with Gasteiger partial charge in [0.05, 0.1) is 10.5 Å². The van der Waals surface area contributed by atoms with E-state index in [9.17, 15) is 14.9 Å². The highest BCUT2D eigenvalue weighted by molar-refractivity contribution is 5.89. The summed E-state index contributed by atoms with van der Waals surface area (Å²) in [6.45, 7) is 0.288. The van der Waals surface area contributed by atoms with Gasteiger partial charge >= 0.3 is 5.97 Å². The number of allylic oxidation sites excluding steroid dienone is 1. The maximum Gasteiger partial charge on any atom is 0.338 e. The number of carbonyl (C=O) groups excluding carboxylic acids is 1. The molecule has 0 radical (unpaired) electrons. The van der Waals surface area contributed by atoms with Crippen LogP contribution in [0.1, 0.15) is 16.8 Å². The smallest absolute Gasteiger partial charge is 0.338 e. The number of rotatable bonds is 4. The lowest BCUT2D eigenvalue weighted by atomic mass is 10.2. The van der Waals surface area contributed by atoms with Gasteiger partial charge in [-0.1, -0.05) is 5.92 Å². The number of nitro benzene ring substituents is 1. The van der Waals surface area contributed by atoms with E-state index in [-0.39, 0.29) is 24.7 Å². The SMILES string of the molecule is O=C(OCCC#CC1=COCO1)c1ccc([N+](=O)[O-])cc1. The first kappa shape index (κ1) is 14.4. The molecule has 1 aromatic carbocycles. The van der Waals surface area contributed by atoms with E-state index in [1.807, 2.05) is 0 Å². The van der Waals surface area contributed by atoms with Crippen molar-refractivity contribution in [1.82, 2.24) is 0 Å². The van der Waals surface area contributed by atoms with Gasteiger partial charge < -0.3 is 14.2 Å². The van der Waals surface area contributed by atoms with Crippen molar-refractivity contribution in [3.05, 3.63) is 52.0 Å². The average Bonchev–Trinajstić information content (AvgIpc) is 3.00. The Labute approximate surface area is 120 Å². The molecule has 0 atom stereocenters. The lowest BCUT2D eigenvalue weighted by Gasteiger charge is -2.01. The third kappa shape index (κ3) is 4.24. The molecule has 1 aliphatic heterocycles. The number of carbonyl (C=O) groups is 1. The Morgan fingerprint density at radius 2 is 2.14 bits per heavy atom. The molecular weight excluding hydrogens is 278 g/mol. The molecule has 0 aliphatic carbocycles. The second-order valence-corrected chi connectivity index (χ2v) is 3.90. The highest BCUT2D eigenvalue weighted by atomic mass is 16.7. The van der Waals surface area contributed by atoms with Crippen LogP contribution in [0.4, 0.5) is 5.69 Å². The molecule has 7 nitrogen and oxygen atoms in total. The number of hydrogen-bond donors (Lipinski definition) is 0. The molecule has 1 aromatic rings. The Morgan fingerprint density at radius 3 is 2.76 bits per heavy atom. The van der Waals surface area contributed by atoms with E-state index in [0.717, 1.165) is 0 Å². The summed E-state index contributed by atoms with van der Waals surface area (Å²) in [6, 6.07) is 5.20. The van der Waals surface area contributed by atoms with Crippen molar-refractivity contribution >= 4 is 11.7 Å². The Balaban J connectivity index is 1.77. The molecule has 0 aromatic heterocycles. The van der Waals surface area contributed by atoms with Crippen LogP contribution in [0.2, 0.25) is 0 Å². The van der Waals surface area contributed by atoms with Crippen molar-refractivity contribution in [2.45, 2.75) is 6.42 Å². The van der Waals surface area contributed by atoms with Gasteiger partial charge in [0, 0.05) is 18.6 Å². The largest absolute Gasteiger partial charge is 0.461 e. The quantitative estimate of drug-likeness (QED) is 0.277. The highest BCUT2D eigenvalue weighted by Crippen LogP contribution is 2.12. The number of benzene rings is 1. The molecule has 0 spiro atoms. The van der Waals surface area contributed by atoms with Gasteiger partial charge in [0.25, 0.3) is 5.69 Å². The molecule has 0 unspecified atom stereocenters. The van der Waals surface area contributed by atoms with Gasteiger partial charge in [0.2, 0.25) is 12.6 Å². The van der Waals surface area contributed by atoms with Gasteiger partial charge in [-0.25, -0.2) is 4.79 Å². The molecule has 2 rings (SSSR count). The first-order chi connectivity index (χ1) is 10.2. The van der Waals surface area contributed by atoms with Crippen LogP contribution in [0.25, 0.3) is 0 Å². The second-order valence-electron chi connectivity index (χ2n) is 3.90. The van der Waals surface area contributed by atoms with E-state index in [1.54, 1.807) is 0 Å². The minimum absolute atomic E-state index is 0.0792. The van der Waals surface area contributed by atoms with Crippen LogP contribution < -0.4 is 0 Å². The molecule has 21 heavy (non-hydrogen) atoms. The van der Waals surface area contributed by atoms with Crippen LogP contribution in [0, 0.1) is 22.0 Å². The van der Waals surface area contributed by atoms with E-state index in [0.29, 0.717) is 12.2 Å². The number of hydrogen-bond acceptors (Lipinski definition) is 6. The number of esters is 1. The molecule has 1 heterocycles. The van der Waals surface area contributed by atoms with Crippen molar-refractivity contribution in [2.24, 2.45) is 0 Å². The third-order valence-corrected chi connectivity index (χ3v) is 2.46. The predicted molar refractivity (Wildman–Crippen MR) is 70.9 cm³/mol. The molecule has 1 aliphatic rings. The topological polar surface area (TPSA) is 87.9 Å². The minimum atomic E-state index is -0.550. The van der Waals surface area contributed by atoms with Crippen LogP contribution in [0.5, 0.6) is 0 Å². The summed E-state index contributed by atoms with van der Waals surface area (Å²) in [4.78, 5) is 21.6. The Hall–Kier alpha value is -3.01. The van der Waals surface area contributed by atoms with Crippen molar-refractivity contribution in [1.29, 1.82) is 0 Å². The Bertz CT molecular complexity index is 623. The van der Waals surface area contributed by atoms with Gasteiger partial charge in [-0.15, -0.1) is 0 Å². The maximum absolute atomic E-state index is 11.6. The number of nitro groups is 1. The van der Waals surface area contributed by atoms with Crippen LogP contribution >= 0.6 is 0 Å². The number of non-ortho nitro benzene ring substituents is 1. The molecule has 0 saturated carbocycles. The summed E-state index contributed by atoms with van der Waals surface area (Å²) in [5.41, 5.74) is 0.174. The summed E-state index contributed by atoms with van der Waals surface area (Å²) in [6.07, 6.45) is 1.76. The van der Waals surface area contributed by atoms with Crippen molar-refractivity contribution in [3.63, 3.8) is 0 Å². The van der Waals surface area contributed by atoms with Crippen LogP contribution in [-0.2, 0) is 14.2 Å². The minimum Gasteiger partial charge on any atom is -0.461 e. The van der Waals surface area contributed by atoms with E-state index < -0.39 is 10.9 Å². The highest BCUT2D eigenvalue weighted by Gasteiger charge is 2.10. The van der Waals surface area contributed by atoms with Gasteiger partial charge in [-0.05, 0) is 18.1 Å². The summed E-state index contributed by atoms with van der Waals surface area (Å²) >= 11 is 0. The molecule has 0 amide bonds. The fourth-order valence-electron chi connectivity index (χ4n) is 1.45. The van der Waals surface area contributed by atoms with Crippen LogP contribution in [0.15, 0.2) is 36.3 Å². The monoisotopic (exact) mass is 289 g/mol. The first-order valence-corrected chi connectivity index (χ1v) is 6.02. The molecular formula is C14H11NO6. The lowest BCUT2D eigenvalue weighted by Crippen LogP contribution is -2.06. The van der Waals surface area contributed by atoms with Crippen molar-refractivity contribution in [2.75, 3.05) is 13.4 Å². The summed E-state index contributed by atoms with van der Waals surface area (Å²) < 4.78 is 14.8. The van der Waals surface area contributed by atoms with E-state index in [2.05, 4.69) is 11.8 Å². The third-order valence-electron chi connectivity index (χ3n) is 2.46. The van der Waals surface area contributed by atoms with Crippen molar-refractivity contribution in [3.8, 4) is 11.8 Å². The van der Waals surface area contributed by atoms with Crippen molar-refractivity contribution < 1.29 is 23.9 Å². The predicted octanol–water partition coefficient (Wildman–Crippen LogP) is 1.99. The van der Waals surface area contributed by atoms with E-state index in [1.165, 1.54) is 30.5 Å². The number of ether oxygens (including phenoxy) is 3. The molecule has 7 heteroatoms. The zero-order valence-corrected chi connectivity index (χ0v) is 10.9. The fraction of sp³-hybridized carbons (Fsp3) is 0.214. The van der Waals surface area contributed by atoms with Gasteiger partial charge in [-0.3, -0.25) is 10.1 Å². The van der Waals surface area contributed by atoms with Gasteiger partial charge in [-0.2, -0.15) is 0 Å². The van der Waals surface area contributed by atoms with E-state index >= 15 is 0 Å². The summed E-state index contributed by atoms with van der Waals surface area (Å²) in [5.74, 6) is 5.37. The first-order valence-electron chi connectivity index (χ1n) is 6.02. The lowest BCUT2D eigenvalue weighted by molar-refractivity contribution is -0.384. The second kappa shape index (κ2) is 6.96. The summed E-state index contributed by atoms with van der Waals surface area (Å²) in [7, 11) is 0. The maximum atomic E-state index is 11.6. The Kier molecular flexibility index (Phi) is 4.77. The Morgan fingerprint density at radius 1 is 1.38 bits per heavy atom. The standard InChI is InChI=1S/C14H11NO6/c16-14(11-4-6-12(7-5-11)15(17)18)20-8-2-1-3-13-9-19-10-21-13/h4-7,9H,2,8,10H2. The molecule has 0 N–H and O–H groups in total. The average molecular weight is 289 g/mol. The normalized spacial score (nSPS) is 12.3. The van der Waals surface area contributed by atoms with Crippen LogP contribution in [0.3, 0.4) is 0 Å². The molecule has 0 saturated heterocycles. The summed E-state index contributed by atoms with van der Waals surface area (Å²) in [5, 5.41) is 10.5. The van der Waals surface area contributed by atoms with E-state index in [4.69, 9.17) is 14.2 Å². The zero-order valence-electron chi connectivity index (χ0n) is 10.9. The zero-order chi connectivity index (χ0) is 15.1. The van der Waals surface area contributed by atoms with Gasteiger partial charge in [0.1, 0.15) is 12.9 Å². The molecule has 0 fully saturated rings. The molecule has 108 valence electrons. The fourth-order valence-corrected chi connectivity index (χ4v) is 1.45.